The molecular weight excluding hydrogens is 168 g/mol. The highest BCUT2D eigenvalue weighted by Crippen LogP contribution is 2.08. The Morgan fingerprint density at radius 3 is 2.45 bits per heavy atom. The van der Waals surface area contributed by atoms with Gasteiger partial charge in [0.25, 0.3) is 0 Å². The van der Waals surface area contributed by atoms with Gasteiger partial charge in [0.05, 0.1) is 8.07 Å². The van der Waals surface area contributed by atoms with Crippen molar-refractivity contribution in [2.45, 2.75) is 32.6 Å². The van der Waals surface area contributed by atoms with Crippen LogP contribution in [-0.2, 0) is 0 Å². The molecule has 0 spiro atoms. The van der Waals surface area contributed by atoms with Crippen LogP contribution in [0.25, 0.3) is 0 Å². The van der Waals surface area contributed by atoms with Gasteiger partial charge in [0.1, 0.15) is 0 Å². The summed E-state index contributed by atoms with van der Waals surface area (Å²) in [6.07, 6.45) is 2.67. The summed E-state index contributed by atoms with van der Waals surface area (Å²) < 4.78 is 0. The van der Waals surface area contributed by atoms with Crippen molar-refractivity contribution < 1.29 is 5.11 Å². The minimum absolute atomic E-state index is 0.0167. The molecule has 0 heterocycles. The van der Waals surface area contributed by atoms with Crippen molar-refractivity contribution in [2.24, 2.45) is 0 Å². The first kappa shape index (κ1) is 11.1. The van der Waals surface area contributed by atoms with Gasteiger partial charge >= 0.3 is 0 Å². The van der Waals surface area contributed by atoms with E-state index in [1.54, 1.807) is 5.20 Å². The maximum Gasteiger partial charge on any atom is 0.0745 e. The monoisotopic (exact) mass is 188 g/mol. The molecule has 1 N–H and O–H groups in total. The highest BCUT2D eigenvalue weighted by Gasteiger charge is 2.18. The third-order valence-electron chi connectivity index (χ3n) is 2.12. The molecule has 3 heteroatoms. The standard InChI is InChI=1S/C8H20OSi2/c1-5-8(2)10-7-11(3,4)6-9/h5,9H,6-7,10H2,1-4H3. The van der Waals surface area contributed by atoms with Gasteiger partial charge in [0.15, 0.2) is 0 Å². The molecule has 0 unspecified atom stereocenters. The van der Waals surface area contributed by atoms with Crippen LogP contribution in [0.1, 0.15) is 13.8 Å². The van der Waals surface area contributed by atoms with Gasteiger partial charge in [-0.25, -0.2) is 0 Å². The number of rotatable bonds is 4. The first-order valence-electron chi connectivity index (χ1n) is 4.24. The van der Waals surface area contributed by atoms with Gasteiger partial charge in [0.2, 0.25) is 0 Å². The van der Waals surface area contributed by atoms with Crippen molar-refractivity contribution in [1.29, 1.82) is 0 Å². The van der Waals surface area contributed by atoms with Crippen molar-refractivity contribution >= 4 is 17.6 Å². The van der Waals surface area contributed by atoms with Gasteiger partial charge in [-0.2, -0.15) is 0 Å². The summed E-state index contributed by atoms with van der Waals surface area (Å²) in [5.74, 6) is 0. The molecule has 0 aromatic heterocycles. The molecule has 1 nitrogen and oxygen atoms in total. The Balaban J connectivity index is 3.70. The Morgan fingerprint density at radius 2 is 2.09 bits per heavy atom. The minimum atomic E-state index is -1.18. The van der Waals surface area contributed by atoms with Gasteiger partial charge in [-0.1, -0.05) is 30.0 Å². The molecule has 0 saturated carbocycles. The fourth-order valence-electron chi connectivity index (χ4n) is 0.759. The zero-order valence-electron chi connectivity index (χ0n) is 8.15. The Hall–Kier alpha value is 0.134. The van der Waals surface area contributed by atoms with E-state index in [1.807, 2.05) is 0 Å². The van der Waals surface area contributed by atoms with Crippen LogP contribution in [0.2, 0.25) is 18.8 Å². The Kier molecular flexibility index (Phi) is 4.96. The van der Waals surface area contributed by atoms with E-state index in [1.165, 1.54) is 5.67 Å². The summed E-state index contributed by atoms with van der Waals surface area (Å²) >= 11 is 0. The molecule has 0 fully saturated rings. The van der Waals surface area contributed by atoms with E-state index in [0.29, 0.717) is 6.23 Å². The third kappa shape index (κ3) is 5.41. The molecule has 0 amide bonds. The molecule has 66 valence electrons. The highest BCUT2D eigenvalue weighted by molar-refractivity contribution is 6.85. The van der Waals surface area contributed by atoms with Crippen LogP contribution >= 0.6 is 0 Å². The van der Waals surface area contributed by atoms with Crippen LogP contribution in [0.5, 0.6) is 0 Å². The van der Waals surface area contributed by atoms with Crippen LogP contribution in [0.15, 0.2) is 11.3 Å². The number of aliphatic hydroxyl groups excluding tert-OH is 1. The SMILES string of the molecule is CC=C(C)[SiH2]C[Si](C)(C)CO. The quantitative estimate of drug-likeness (QED) is 0.659. The van der Waals surface area contributed by atoms with Crippen LogP contribution in [0.3, 0.4) is 0 Å². The number of allylic oxidation sites excluding steroid dienone is 2. The second kappa shape index (κ2) is 4.90. The molecule has 0 bridgehead atoms. The van der Waals surface area contributed by atoms with Crippen LogP contribution in [0, 0.1) is 0 Å². The van der Waals surface area contributed by atoms with Gasteiger partial charge in [-0.3, -0.25) is 0 Å². The van der Waals surface area contributed by atoms with Gasteiger partial charge < -0.3 is 5.11 Å². The fourth-order valence-corrected chi connectivity index (χ4v) is 5.96. The van der Waals surface area contributed by atoms with E-state index in [-0.39, 0.29) is 9.52 Å². The second-order valence-corrected chi connectivity index (χ2v) is 12.2. The Bertz CT molecular complexity index is 141. The predicted molar refractivity (Wildman–Crippen MR) is 57.3 cm³/mol. The number of hydrogen-bond donors (Lipinski definition) is 1. The van der Waals surface area contributed by atoms with Crippen molar-refractivity contribution in [1.82, 2.24) is 0 Å². The first-order chi connectivity index (χ1) is 5.02. The third-order valence-corrected chi connectivity index (χ3v) is 10.6. The fraction of sp³-hybridized carbons (Fsp3) is 0.750. The van der Waals surface area contributed by atoms with Crippen molar-refractivity contribution in [3.8, 4) is 0 Å². The Morgan fingerprint density at radius 1 is 1.55 bits per heavy atom. The number of aliphatic hydroxyl groups is 1. The Labute approximate surface area is 73.4 Å². The predicted octanol–water partition coefficient (Wildman–Crippen LogP) is 1.28. The molecule has 0 atom stereocenters. The molecule has 11 heavy (non-hydrogen) atoms. The molecule has 0 aliphatic heterocycles. The van der Waals surface area contributed by atoms with Gasteiger partial charge in [-0.05, 0) is 13.8 Å². The minimum Gasteiger partial charge on any atom is -0.400 e. The zero-order chi connectivity index (χ0) is 8.91. The van der Waals surface area contributed by atoms with E-state index in [0.717, 1.165) is 0 Å². The lowest BCUT2D eigenvalue weighted by molar-refractivity contribution is 0.359. The summed E-state index contributed by atoms with van der Waals surface area (Å²) in [7, 11) is -1.20. The highest BCUT2D eigenvalue weighted by atomic mass is 28.4. The van der Waals surface area contributed by atoms with Crippen molar-refractivity contribution in [3.05, 3.63) is 11.3 Å². The molecule has 0 aromatic carbocycles. The van der Waals surface area contributed by atoms with E-state index in [9.17, 15) is 0 Å². The molecule has 0 aliphatic rings. The van der Waals surface area contributed by atoms with Crippen LogP contribution in [0.4, 0.5) is 0 Å². The molecule has 0 saturated heterocycles. The van der Waals surface area contributed by atoms with Gasteiger partial charge in [-0.15, -0.1) is 0 Å². The average molecular weight is 188 g/mol. The molecule has 0 rings (SSSR count). The van der Waals surface area contributed by atoms with Crippen molar-refractivity contribution in [2.75, 3.05) is 6.23 Å². The topological polar surface area (TPSA) is 20.2 Å². The lowest BCUT2D eigenvalue weighted by Gasteiger charge is -2.18. The summed E-state index contributed by atoms with van der Waals surface area (Å²) in [6, 6.07) is 0. The van der Waals surface area contributed by atoms with Crippen LogP contribution in [-0.4, -0.2) is 28.9 Å². The maximum atomic E-state index is 9.04. The normalized spacial score (nSPS) is 14.8. The summed E-state index contributed by atoms with van der Waals surface area (Å²) in [5, 5.41) is 10.6. The first-order valence-corrected chi connectivity index (χ1v) is 9.36. The molecule has 0 aliphatic carbocycles. The lowest BCUT2D eigenvalue weighted by Crippen LogP contribution is -2.33. The lowest BCUT2D eigenvalue weighted by atomic mass is 10.6. The maximum absolute atomic E-state index is 9.04. The largest absolute Gasteiger partial charge is 0.400 e. The molecule has 0 aromatic rings. The van der Waals surface area contributed by atoms with Gasteiger partial charge in [0, 0.05) is 15.7 Å². The zero-order valence-corrected chi connectivity index (χ0v) is 10.6. The molecule has 0 radical (unpaired) electrons. The van der Waals surface area contributed by atoms with Crippen LogP contribution < -0.4 is 0 Å². The smallest absolute Gasteiger partial charge is 0.0745 e. The summed E-state index contributed by atoms with van der Waals surface area (Å²) in [5.41, 5.74) is 1.35. The average Bonchev–Trinajstić information content (AvgIpc) is 2.00. The van der Waals surface area contributed by atoms with E-state index < -0.39 is 8.07 Å². The summed E-state index contributed by atoms with van der Waals surface area (Å²) in [4.78, 5) is 0. The van der Waals surface area contributed by atoms with E-state index >= 15 is 0 Å². The molecular formula is C8H20OSi2. The summed E-state index contributed by atoms with van der Waals surface area (Å²) in [6.45, 7) is 8.86. The van der Waals surface area contributed by atoms with Crippen molar-refractivity contribution in [3.63, 3.8) is 0 Å². The second-order valence-electron chi connectivity index (χ2n) is 3.96. The van der Waals surface area contributed by atoms with E-state index in [2.05, 4.69) is 33.0 Å². The van der Waals surface area contributed by atoms with E-state index in [4.69, 9.17) is 5.11 Å². The number of hydrogen-bond acceptors (Lipinski definition) is 1.